The zero-order valence-electron chi connectivity index (χ0n) is 14.0. The molecule has 6 nitrogen and oxygen atoms in total. The Labute approximate surface area is 154 Å². The lowest BCUT2D eigenvalue weighted by Gasteiger charge is -2.12. The highest BCUT2D eigenvalue weighted by Crippen LogP contribution is 2.24. The van der Waals surface area contributed by atoms with Gasteiger partial charge in [0.25, 0.3) is 5.91 Å². The van der Waals surface area contributed by atoms with Crippen LogP contribution in [0, 0.1) is 0 Å². The molecular formula is C19H17N3O3S. The lowest BCUT2D eigenvalue weighted by atomic mass is 10.2. The van der Waals surface area contributed by atoms with Crippen LogP contribution in [0.3, 0.4) is 0 Å². The van der Waals surface area contributed by atoms with Crippen molar-refractivity contribution < 1.29 is 14.3 Å². The molecule has 0 aliphatic heterocycles. The van der Waals surface area contributed by atoms with Gasteiger partial charge in [-0.25, -0.2) is 9.78 Å². The summed E-state index contributed by atoms with van der Waals surface area (Å²) in [6.45, 7) is 1.51. The number of hydrogen-bond acceptors (Lipinski definition) is 6. The molecule has 0 spiro atoms. The molecule has 3 aromatic rings. The number of rotatable bonds is 5. The molecule has 132 valence electrons. The Kier molecular flexibility index (Phi) is 5.28. The second kappa shape index (κ2) is 7.79. The van der Waals surface area contributed by atoms with Gasteiger partial charge in [0, 0.05) is 16.6 Å². The van der Waals surface area contributed by atoms with E-state index in [9.17, 15) is 9.59 Å². The summed E-state index contributed by atoms with van der Waals surface area (Å²) in [7, 11) is 0. The van der Waals surface area contributed by atoms with Gasteiger partial charge in [-0.1, -0.05) is 30.3 Å². The van der Waals surface area contributed by atoms with Crippen molar-refractivity contribution >= 4 is 34.0 Å². The molecule has 3 N–H and O–H groups in total. The van der Waals surface area contributed by atoms with Crippen molar-refractivity contribution in [1.29, 1.82) is 0 Å². The maximum absolute atomic E-state index is 12.2. The van der Waals surface area contributed by atoms with E-state index in [1.807, 2.05) is 35.7 Å². The largest absolute Gasteiger partial charge is 0.449 e. The first-order valence-corrected chi connectivity index (χ1v) is 8.79. The van der Waals surface area contributed by atoms with Crippen molar-refractivity contribution in [2.75, 3.05) is 11.1 Å². The summed E-state index contributed by atoms with van der Waals surface area (Å²) in [6, 6.07) is 16.0. The lowest BCUT2D eigenvalue weighted by Crippen LogP contribution is -2.29. The van der Waals surface area contributed by atoms with Crippen molar-refractivity contribution in [3.63, 3.8) is 0 Å². The van der Waals surface area contributed by atoms with Crippen molar-refractivity contribution in [1.82, 2.24) is 4.98 Å². The van der Waals surface area contributed by atoms with Crippen LogP contribution >= 0.6 is 11.3 Å². The number of esters is 1. The fourth-order valence-corrected chi connectivity index (χ4v) is 2.90. The Balaban J connectivity index is 1.60. The van der Waals surface area contributed by atoms with Gasteiger partial charge in [-0.2, -0.15) is 0 Å². The summed E-state index contributed by atoms with van der Waals surface area (Å²) in [6.07, 6.45) is -0.955. The van der Waals surface area contributed by atoms with Crippen molar-refractivity contribution in [2.45, 2.75) is 13.0 Å². The van der Waals surface area contributed by atoms with Crippen LogP contribution in [0.2, 0.25) is 0 Å². The second-order valence-corrected chi connectivity index (χ2v) is 6.42. The van der Waals surface area contributed by atoms with Crippen LogP contribution in [0.4, 0.5) is 10.8 Å². The third-order valence-corrected chi connectivity index (χ3v) is 4.36. The Morgan fingerprint density at radius 1 is 1.12 bits per heavy atom. The molecule has 26 heavy (non-hydrogen) atoms. The highest BCUT2D eigenvalue weighted by molar-refractivity contribution is 7.14. The number of hydrogen-bond donors (Lipinski definition) is 2. The average Bonchev–Trinajstić information content (AvgIpc) is 3.11. The molecule has 0 aliphatic carbocycles. The van der Waals surface area contributed by atoms with Crippen molar-refractivity contribution in [3.8, 4) is 11.3 Å². The van der Waals surface area contributed by atoms with Gasteiger partial charge in [-0.3, -0.25) is 10.1 Å². The van der Waals surface area contributed by atoms with Crippen LogP contribution in [0.5, 0.6) is 0 Å². The molecule has 1 atom stereocenters. The normalized spacial score (nSPS) is 11.6. The Morgan fingerprint density at radius 2 is 1.81 bits per heavy atom. The molecule has 0 radical (unpaired) electrons. The lowest BCUT2D eigenvalue weighted by molar-refractivity contribution is -0.123. The van der Waals surface area contributed by atoms with Crippen molar-refractivity contribution in [2.24, 2.45) is 0 Å². The average molecular weight is 367 g/mol. The van der Waals surface area contributed by atoms with E-state index in [0.29, 0.717) is 16.4 Å². The topological polar surface area (TPSA) is 94.3 Å². The number of nitrogens with one attached hydrogen (secondary N) is 1. The van der Waals surface area contributed by atoms with Gasteiger partial charge in [-0.05, 0) is 31.2 Å². The molecule has 0 unspecified atom stereocenters. The molecule has 0 aliphatic rings. The zero-order valence-corrected chi connectivity index (χ0v) is 14.8. The SMILES string of the molecule is C[C@H](OC(=O)c1ccc(N)cc1)C(=O)Nc1nc(-c2ccccc2)cs1. The second-order valence-electron chi connectivity index (χ2n) is 5.56. The minimum atomic E-state index is -0.955. The van der Waals surface area contributed by atoms with E-state index in [4.69, 9.17) is 10.5 Å². The third-order valence-electron chi connectivity index (χ3n) is 3.60. The minimum Gasteiger partial charge on any atom is -0.449 e. The maximum Gasteiger partial charge on any atom is 0.338 e. The van der Waals surface area contributed by atoms with E-state index in [-0.39, 0.29) is 0 Å². The van der Waals surface area contributed by atoms with Gasteiger partial charge in [-0.15, -0.1) is 11.3 Å². The highest BCUT2D eigenvalue weighted by Gasteiger charge is 2.20. The third kappa shape index (κ3) is 4.25. The summed E-state index contributed by atoms with van der Waals surface area (Å²) >= 11 is 1.31. The highest BCUT2D eigenvalue weighted by atomic mass is 32.1. The number of aromatic nitrogens is 1. The number of benzene rings is 2. The van der Waals surface area contributed by atoms with Crippen LogP contribution in [0.25, 0.3) is 11.3 Å². The summed E-state index contributed by atoms with van der Waals surface area (Å²) in [5.41, 5.74) is 8.20. The Bertz CT molecular complexity index is 907. The molecule has 0 bridgehead atoms. The molecule has 2 aromatic carbocycles. The van der Waals surface area contributed by atoms with Crippen LogP contribution < -0.4 is 11.1 Å². The Morgan fingerprint density at radius 3 is 2.50 bits per heavy atom. The molecule has 1 heterocycles. The van der Waals surface area contributed by atoms with Crippen LogP contribution in [-0.4, -0.2) is 23.0 Å². The summed E-state index contributed by atoms with van der Waals surface area (Å²) in [5.74, 6) is -1.03. The number of anilines is 2. The van der Waals surface area contributed by atoms with Gasteiger partial charge in [0.2, 0.25) is 0 Å². The van der Waals surface area contributed by atoms with Gasteiger partial charge in [0.1, 0.15) is 0 Å². The molecule has 0 fully saturated rings. The summed E-state index contributed by atoms with van der Waals surface area (Å²) in [5, 5.41) is 4.97. The number of thiazole rings is 1. The van der Waals surface area contributed by atoms with E-state index in [1.165, 1.54) is 18.3 Å². The minimum absolute atomic E-state index is 0.333. The number of carbonyl (C=O) groups excluding carboxylic acids is 2. The van der Waals surface area contributed by atoms with Crippen LogP contribution in [0.15, 0.2) is 60.0 Å². The molecular weight excluding hydrogens is 350 g/mol. The summed E-state index contributed by atoms with van der Waals surface area (Å²) < 4.78 is 5.19. The number of amides is 1. The molecule has 0 saturated carbocycles. The molecule has 1 amide bonds. The first-order valence-electron chi connectivity index (χ1n) is 7.91. The maximum atomic E-state index is 12.2. The van der Waals surface area contributed by atoms with Crippen LogP contribution in [0.1, 0.15) is 17.3 Å². The molecule has 3 rings (SSSR count). The predicted molar refractivity (Wildman–Crippen MR) is 102 cm³/mol. The number of nitrogens with zero attached hydrogens (tertiary/aromatic N) is 1. The quantitative estimate of drug-likeness (QED) is 0.531. The van der Waals surface area contributed by atoms with Gasteiger partial charge in [0.05, 0.1) is 11.3 Å². The Hall–Kier alpha value is -3.19. The monoisotopic (exact) mass is 367 g/mol. The number of nitrogen functional groups attached to an aromatic ring is 1. The predicted octanol–water partition coefficient (Wildman–Crippen LogP) is 3.58. The van der Waals surface area contributed by atoms with E-state index >= 15 is 0 Å². The fraction of sp³-hybridized carbons (Fsp3) is 0.105. The number of ether oxygens (including phenoxy) is 1. The number of nitrogens with two attached hydrogens (primary N) is 1. The van der Waals surface area contributed by atoms with Crippen LogP contribution in [-0.2, 0) is 9.53 Å². The standard InChI is InChI=1S/C19H17N3O3S/c1-12(25-18(24)14-7-9-15(20)10-8-14)17(23)22-19-21-16(11-26-19)13-5-3-2-4-6-13/h2-12H,20H2,1H3,(H,21,22,23)/t12-/m0/s1. The fourth-order valence-electron chi connectivity index (χ4n) is 2.18. The van der Waals surface area contributed by atoms with Gasteiger partial charge in [0.15, 0.2) is 11.2 Å². The van der Waals surface area contributed by atoms with Gasteiger partial charge < -0.3 is 10.5 Å². The van der Waals surface area contributed by atoms with E-state index < -0.39 is 18.0 Å². The molecule has 7 heteroatoms. The molecule has 0 saturated heterocycles. The van der Waals surface area contributed by atoms with E-state index in [0.717, 1.165) is 11.3 Å². The molecule has 1 aromatic heterocycles. The van der Waals surface area contributed by atoms with Crippen molar-refractivity contribution in [3.05, 3.63) is 65.5 Å². The first kappa shape index (κ1) is 17.6. The zero-order chi connectivity index (χ0) is 18.5. The number of carbonyl (C=O) groups is 2. The summed E-state index contributed by atoms with van der Waals surface area (Å²) in [4.78, 5) is 28.7. The van der Waals surface area contributed by atoms with E-state index in [2.05, 4.69) is 10.3 Å². The van der Waals surface area contributed by atoms with E-state index in [1.54, 1.807) is 24.3 Å². The first-order chi connectivity index (χ1) is 12.5. The smallest absolute Gasteiger partial charge is 0.338 e. The van der Waals surface area contributed by atoms with Gasteiger partial charge >= 0.3 is 5.97 Å².